The molecular weight excluding hydrogens is 354 g/mol. The lowest BCUT2D eigenvalue weighted by Crippen LogP contribution is -2.50. The molecule has 2 saturated heterocycles. The maximum atomic E-state index is 12.5. The van der Waals surface area contributed by atoms with Gasteiger partial charge in [0.25, 0.3) is 5.91 Å². The van der Waals surface area contributed by atoms with Gasteiger partial charge in [0, 0.05) is 18.7 Å². The molecule has 0 bridgehead atoms. The lowest BCUT2D eigenvalue weighted by Gasteiger charge is -2.31. The number of hydrogen-bond acceptors (Lipinski definition) is 3. The second-order valence-corrected chi connectivity index (χ2v) is 7.29. The molecule has 4 amide bonds. The zero-order chi connectivity index (χ0) is 19.5. The van der Waals surface area contributed by atoms with Crippen molar-refractivity contribution in [3.8, 4) is 0 Å². The monoisotopic (exact) mass is 377 g/mol. The standard InChI is InChI=1S/C22H23N3O3/c26-20-14-19(17-6-2-1-3-7-17)23-22(28)25(20)15-16-8-10-18(11-9-16)21(27)24-12-4-5-13-24/h1-3,6-11,19H,4-5,12-15H2,(H,23,28). The Labute approximate surface area is 164 Å². The lowest BCUT2D eigenvalue weighted by atomic mass is 10.0. The minimum Gasteiger partial charge on any atom is -0.339 e. The van der Waals surface area contributed by atoms with Crippen LogP contribution in [0.4, 0.5) is 4.79 Å². The summed E-state index contributed by atoms with van der Waals surface area (Å²) in [5.41, 5.74) is 2.39. The van der Waals surface area contributed by atoms with Gasteiger partial charge >= 0.3 is 6.03 Å². The molecule has 144 valence electrons. The Morgan fingerprint density at radius 1 is 0.964 bits per heavy atom. The van der Waals surface area contributed by atoms with Gasteiger partial charge in [-0.2, -0.15) is 0 Å². The number of amides is 4. The minimum atomic E-state index is -0.387. The Kier molecular flexibility index (Phi) is 5.10. The van der Waals surface area contributed by atoms with Gasteiger partial charge in [0.15, 0.2) is 0 Å². The summed E-state index contributed by atoms with van der Waals surface area (Å²) in [6, 6.07) is 16.0. The van der Waals surface area contributed by atoms with Crippen LogP contribution in [0.3, 0.4) is 0 Å². The topological polar surface area (TPSA) is 69.7 Å². The number of urea groups is 1. The second-order valence-electron chi connectivity index (χ2n) is 7.29. The molecule has 28 heavy (non-hydrogen) atoms. The van der Waals surface area contributed by atoms with Crippen LogP contribution in [0.2, 0.25) is 0 Å². The van der Waals surface area contributed by atoms with Crippen LogP contribution >= 0.6 is 0 Å². The molecule has 1 unspecified atom stereocenters. The van der Waals surface area contributed by atoms with Crippen molar-refractivity contribution in [1.82, 2.24) is 15.1 Å². The van der Waals surface area contributed by atoms with Gasteiger partial charge in [-0.3, -0.25) is 14.5 Å². The van der Waals surface area contributed by atoms with E-state index in [1.165, 1.54) is 4.90 Å². The number of likely N-dealkylation sites (tertiary alicyclic amines) is 1. The van der Waals surface area contributed by atoms with Crippen molar-refractivity contribution in [3.05, 3.63) is 71.3 Å². The van der Waals surface area contributed by atoms with Crippen LogP contribution in [0.25, 0.3) is 0 Å². The summed E-state index contributed by atoms with van der Waals surface area (Å²) in [5, 5.41) is 2.91. The van der Waals surface area contributed by atoms with Gasteiger partial charge < -0.3 is 10.2 Å². The Bertz CT molecular complexity index is 856. The van der Waals surface area contributed by atoms with E-state index < -0.39 is 0 Å². The Hall–Kier alpha value is -3.15. The van der Waals surface area contributed by atoms with E-state index in [0.29, 0.717) is 5.56 Å². The van der Waals surface area contributed by atoms with E-state index in [1.807, 2.05) is 47.4 Å². The Morgan fingerprint density at radius 3 is 2.29 bits per heavy atom. The number of nitrogens with zero attached hydrogens (tertiary/aromatic N) is 2. The number of hydrogen-bond donors (Lipinski definition) is 1. The summed E-state index contributed by atoms with van der Waals surface area (Å²) in [4.78, 5) is 40.5. The SMILES string of the molecule is O=C(c1ccc(CN2C(=O)CC(c3ccccc3)NC2=O)cc1)N1CCCC1. The van der Waals surface area contributed by atoms with E-state index in [4.69, 9.17) is 0 Å². The van der Waals surface area contributed by atoms with E-state index in [-0.39, 0.29) is 36.9 Å². The summed E-state index contributed by atoms with van der Waals surface area (Å²) >= 11 is 0. The largest absolute Gasteiger partial charge is 0.339 e. The fourth-order valence-electron chi connectivity index (χ4n) is 3.76. The van der Waals surface area contributed by atoms with Gasteiger partial charge in [0.2, 0.25) is 5.91 Å². The number of carbonyl (C=O) groups excluding carboxylic acids is 3. The van der Waals surface area contributed by atoms with Crippen molar-refractivity contribution >= 4 is 17.8 Å². The third kappa shape index (κ3) is 3.76. The molecule has 2 fully saturated rings. The quantitative estimate of drug-likeness (QED) is 0.890. The molecule has 0 radical (unpaired) electrons. The molecule has 6 heteroatoms. The van der Waals surface area contributed by atoms with E-state index >= 15 is 0 Å². The van der Waals surface area contributed by atoms with Gasteiger partial charge in [0.05, 0.1) is 19.0 Å². The van der Waals surface area contributed by atoms with Crippen LogP contribution < -0.4 is 5.32 Å². The number of nitrogens with one attached hydrogen (secondary N) is 1. The average molecular weight is 377 g/mol. The number of benzene rings is 2. The number of carbonyl (C=O) groups is 3. The number of imide groups is 1. The van der Waals surface area contributed by atoms with Crippen LogP contribution in [0.1, 0.15) is 46.8 Å². The molecule has 1 N–H and O–H groups in total. The van der Waals surface area contributed by atoms with Crippen LogP contribution in [0.5, 0.6) is 0 Å². The van der Waals surface area contributed by atoms with Gasteiger partial charge in [-0.1, -0.05) is 42.5 Å². The van der Waals surface area contributed by atoms with Crippen LogP contribution in [-0.2, 0) is 11.3 Å². The Balaban J connectivity index is 1.41. The molecule has 6 nitrogen and oxygen atoms in total. The molecule has 0 saturated carbocycles. The summed E-state index contributed by atoms with van der Waals surface area (Å²) in [7, 11) is 0. The average Bonchev–Trinajstić information content (AvgIpc) is 3.26. The molecule has 0 spiro atoms. The first-order valence-electron chi connectivity index (χ1n) is 9.66. The fraction of sp³-hybridized carbons (Fsp3) is 0.318. The third-order valence-electron chi connectivity index (χ3n) is 5.36. The van der Waals surface area contributed by atoms with E-state index in [0.717, 1.165) is 37.1 Å². The molecule has 0 aromatic heterocycles. The molecule has 2 aromatic carbocycles. The van der Waals surface area contributed by atoms with Crippen LogP contribution in [-0.4, -0.2) is 40.7 Å². The van der Waals surface area contributed by atoms with Crippen molar-refractivity contribution in [2.75, 3.05) is 13.1 Å². The molecule has 4 rings (SSSR count). The van der Waals surface area contributed by atoms with E-state index in [1.54, 1.807) is 12.1 Å². The molecular formula is C22H23N3O3. The van der Waals surface area contributed by atoms with Crippen molar-refractivity contribution in [2.24, 2.45) is 0 Å². The summed E-state index contributed by atoms with van der Waals surface area (Å²) in [6.45, 7) is 1.82. The number of rotatable bonds is 4. The second kappa shape index (κ2) is 7.84. The first-order valence-corrected chi connectivity index (χ1v) is 9.66. The minimum absolute atomic E-state index is 0.0431. The normalized spacial score (nSPS) is 19.6. The third-order valence-corrected chi connectivity index (χ3v) is 5.36. The first-order chi connectivity index (χ1) is 13.6. The fourth-order valence-corrected chi connectivity index (χ4v) is 3.76. The zero-order valence-corrected chi connectivity index (χ0v) is 15.6. The first kappa shape index (κ1) is 18.2. The predicted octanol–water partition coefficient (Wildman–Crippen LogP) is 3.11. The lowest BCUT2D eigenvalue weighted by molar-refractivity contribution is -0.130. The summed E-state index contributed by atoms with van der Waals surface area (Å²) < 4.78 is 0. The van der Waals surface area contributed by atoms with Gasteiger partial charge in [-0.15, -0.1) is 0 Å². The van der Waals surface area contributed by atoms with E-state index in [9.17, 15) is 14.4 Å². The van der Waals surface area contributed by atoms with Gasteiger partial charge in [0.1, 0.15) is 0 Å². The molecule has 2 aliphatic rings. The maximum Gasteiger partial charge on any atom is 0.324 e. The summed E-state index contributed by atoms with van der Waals surface area (Å²) in [5.74, 6) is -0.156. The van der Waals surface area contributed by atoms with Crippen molar-refractivity contribution in [1.29, 1.82) is 0 Å². The Morgan fingerprint density at radius 2 is 1.64 bits per heavy atom. The molecule has 2 heterocycles. The molecule has 0 aliphatic carbocycles. The van der Waals surface area contributed by atoms with E-state index in [2.05, 4.69) is 5.32 Å². The predicted molar refractivity (Wildman–Crippen MR) is 104 cm³/mol. The van der Waals surface area contributed by atoms with Crippen LogP contribution in [0.15, 0.2) is 54.6 Å². The van der Waals surface area contributed by atoms with Crippen molar-refractivity contribution in [3.63, 3.8) is 0 Å². The summed E-state index contributed by atoms with van der Waals surface area (Å²) in [6.07, 6.45) is 2.35. The van der Waals surface area contributed by atoms with Gasteiger partial charge in [-0.25, -0.2) is 4.79 Å². The van der Waals surface area contributed by atoms with Crippen LogP contribution in [0, 0.1) is 0 Å². The highest BCUT2D eigenvalue weighted by molar-refractivity contribution is 5.97. The van der Waals surface area contributed by atoms with Crippen molar-refractivity contribution in [2.45, 2.75) is 31.8 Å². The highest BCUT2D eigenvalue weighted by Gasteiger charge is 2.32. The van der Waals surface area contributed by atoms with Crippen molar-refractivity contribution < 1.29 is 14.4 Å². The van der Waals surface area contributed by atoms with Gasteiger partial charge in [-0.05, 0) is 36.1 Å². The molecule has 2 aromatic rings. The molecule has 1 atom stereocenters. The zero-order valence-electron chi connectivity index (χ0n) is 15.6. The smallest absolute Gasteiger partial charge is 0.324 e. The highest BCUT2D eigenvalue weighted by Crippen LogP contribution is 2.23. The maximum absolute atomic E-state index is 12.5. The molecule has 2 aliphatic heterocycles. The highest BCUT2D eigenvalue weighted by atomic mass is 16.2.